The summed E-state index contributed by atoms with van der Waals surface area (Å²) >= 11 is 0. The maximum atomic E-state index is 10.6. The highest BCUT2D eigenvalue weighted by atomic mass is 35.5. The second-order valence-corrected chi connectivity index (χ2v) is 3.04. The van der Waals surface area contributed by atoms with Crippen LogP contribution < -0.4 is 0 Å². The number of hydrogen-bond donors (Lipinski definition) is 3. The van der Waals surface area contributed by atoms with Crippen LogP contribution in [0.4, 0.5) is 0 Å². The molecule has 12 heavy (non-hydrogen) atoms. The van der Waals surface area contributed by atoms with Gasteiger partial charge >= 0.3 is 7.82 Å². The molecule has 0 heterocycles. The number of rotatable bonds is 6. The summed E-state index contributed by atoms with van der Waals surface area (Å²) in [5, 5.41) is 16.4. The van der Waals surface area contributed by atoms with Crippen LogP contribution in [0.1, 0.15) is 0 Å². The maximum absolute atomic E-state index is 10.6. The van der Waals surface area contributed by atoms with E-state index >= 15 is 0 Å². The van der Waals surface area contributed by atoms with Crippen LogP contribution in [-0.4, -0.2) is 41.5 Å². The van der Waals surface area contributed by atoms with E-state index in [9.17, 15) is 4.57 Å². The minimum atomic E-state index is -4.05. The lowest BCUT2D eigenvalue weighted by molar-refractivity contribution is 0.107. The zero-order valence-electron chi connectivity index (χ0n) is 6.25. The van der Waals surface area contributed by atoms with Crippen molar-refractivity contribution in [2.75, 3.05) is 26.4 Å². The summed E-state index contributed by atoms with van der Waals surface area (Å²) in [5.74, 6) is 0. The molecule has 0 radical (unpaired) electrons. The summed E-state index contributed by atoms with van der Waals surface area (Å²) in [6, 6.07) is 0. The second kappa shape index (κ2) is 7.94. The molecule has 6 nitrogen and oxygen atoms in total. The van der Waals surface area contributed by atoms with E-state index in [2.05, 4.69) is 9.05 Å². The molecule has 0 aromatic rings. The number of phosphoric acid groups is 1. The first kappa shape index (κ1) is 14.8. The zero-order chi connectivity index (χ0) is 8.74. The average Bonchev–Trinajstić information content (AvgIpc) is 1.97. The highest BCUT2D eigenvalue weighted by Crippen LogP contribution is 2.42. The standard InChI is InChI=1S/C4H11O6P.ClH/c5-1-3-9-11(7,8)10-4-2-6;/h5-6H,1-4H2,(H,7,8);1H. The van der Waals surface area contributed by atoms with Gasteiger partial charge in [-0.25, -0.2) is 4.57 Å². The lowest BCUT2D eigenvalue weighted by Gasteiger charge is -2.09. The van der Waals surface area contributed by atoms with Gasteiger partial charge in [0, 0.05) is 0 Å². The first-order chi connectivity index (χ1) is 5.12. The van der Waals surface area contributed by atoms with Gasteiger partial charge in [-0.3, -0.25) is 9.05 Å². The van der Waals surface area contributed by atoms with Crippen LogP contribution in [-0.2, 0) is 13.6 Å². The fourth-order valence-corrected chi connectivity index (χ4v) is 1.05. The molecule has 76 valence electrons. The minimum absolute atomic E-state index is 0. The molecule has 0 atom stereocenters. The van der Waals surface area contributed by atoms with Gasteiger partial charge in [0.2, 0.25) is 0 Å². The van der Waals surface area contributed by atoms with Gasteiger partial charge in [0.25, 0.3) is 0 Å². The van der Waals surface area contributed by atoms with Gasteiger partial charge in [0.15, 0.2) is 0 Å². The van der Waals surface area contributed by atoms with Crippen molar-refractivity contribution in [1.29, 1.82) is 0 Å². The highest BCUT2D eigenvalue weighted by Gasteiger charge is 2.19. The maximum Gasteiger partial charge on any atom is 0.472 e. The van der Waals surface area contributed by atoms with Gasteiger partial charge in [0.1, 0.15) is 0 Å². The Hall–Kier alpha value is 0.320. The van der Waals surface area contributed by atoms with Crippen LogP contribution in [0.2, 0.25) is 0 Å². The molecule has 0 bridgehead atoms. The largest absolute Gasteiger partial charge is 0.472 e. The Labute approximate surface area is 76.1 Å². The molecule has 0 aliphatic rings. The van der Waals surface area contributed by atoms with E-state index in [1.54, 1.807) is 0 Å². The number of hydrogen-bond acceptors (Lipinski definition) is 5. The number of aliphatic hydroxyl groups excluding tert-OH is 2. The Morgan fingerprint density at radius 2 is 1.42 bits per heavy atom. The van der Waals surface area contributed by atoms with E-state index in [-0.39, 0.29) is 38.8 Å². The van der Waals surface area contributed by atoms with Gasteiger partial charge < -0.3 is 15.1 Å². The molecule has 0 saturated carbocycles. The first-order valence-electron chi connectivity index (χ1n) is 2.96. The van der Waals surface area contributed by atoms with E-state index < -0.39 is 7.82 Å². The van der Waals surface area contributed by atoms with E-state index in [0.717, 1.165) is 0 Å². The Balaban J connectivity index is 0. The molecular formula is C4H12ClO6P. The fourth-order valence-electron chi connectivity index (χ4n) is 0.350. The van der Waals surface area contributed by atoms with Crippen LogP contribution in [0.5, 0.6) is 0 Å². The number of phosphoric ester groups is 1. The third-order valence-corrected chi connectivity index (χ3v) is 1.71. The monoisotopic (exact) mass is 222 g/mol. The van der Waals surface area contributed by atoms with Crippen molar-refractivity contribution in [3.05, 3.63) is 0 Å². The molecule has 0 unspecified atom stereocenters. The predicted octanol–water partition coefficient (Wildman–Crippen LogP) is -0.474. The van der Waals surface area contributed by atoms with Crippen molar-refractivity contribution >= 4 is 20.2 Å². The number of aliphatic hydroxyl groups is 2. The lowest BCUT2D eigenvalue weighted by atomic mass is 10.8. The van der Waals surface area contributed by atoms with Crippen LogP contribution in [0, 0.1) is 0 Å². The molecule has 8 heteroatoms. The Kier molecular flexibility index (Phi) is 9.81. The topological polar surface area (TPSA) is 96.2 Å². The Morgan fingerprint density at radius 3 is 1.67 bits per heavy atom. The van der Waals surface area contributed by atoms with E-state index in [4.69, 9.17) is 15.1 Å². The summed E-state index contributed by atoms with van der Waals surface area (Å²) in [6.45, 7) is -1.24. The van der Waals surface area contributed by atoms with Crippen molar-refractivity contribution in [3.63, 3.8) is 0 Å². The highest BCUT2D eigenvalue weighted by molar-refractivity contribution is 7.47. The SMILES string of the molecule is Cl.O=P(O)(OCCO)OCCO. The van der Waals surface area contributed by atoms with Crippen molar-refractivity contribution in [3.8, 4) is 0 Å². The predicted molar refractivity (Wildman–Crippen MR) is 43.1 cm³/mol. The van der Waals surface area contributed by atoms with Gasteiger partial charge in [-0.15, -0.1) is 12.4 Å². The van der Waals surface area contributed by atoms with Gasteiger partial charge in [-0.05, 0) is 0 Å². The third kappa shape index (κ3) is 8.42. The molecule has 0 aliphatic heterocycles. The third-order valence-electron chi connectivity index (χ3n) is 0.691. The second-order valence-electron chi connectivity index (χ2n) is 1.58. The molecule has 0 aromatic carbocycles. The molecule has 0 aromatic heterocycles. The summed E-state index contributed by atoms with van der Waals surface area (Å²) in [5.41, 5.74) is 0. The van der Waals surface area contributed by atoms with Gasteiger partial charge in [-0.1, -0.05) is 0 Å². The Morgan fingerprint density at radius 1 is 1.08 bits per heavy atom. The normalized spacial score (nSPS) is 10.9. The van der Waals surface area contributed by atoms with Crippen LogP contribution in [0.25, 0.3) is 0 Å². The average molecular weight is 223 g/mol. The van der Waals surface area contributed by atoms with E-state index in [1.165, 1.54) is 0 Å². The molecule has 0 spiro atoms. The van der Waals surface area contributed by atoms with Crippen molar-refractivity contribution in [2.24, 2.45) is 0 Å². The minimum Gasteiger partial charge on any atom is -0.394 e. The molecule has 0 aliphatic carbocycles. The van der Waals surface area contributed by atoms with Crippen LogP contribution in [0.3, 0.4) is 0 Å². The van der Waals surface area contributed by atoms with E-state index in [1.807, 2.05) is 0 Å². The number of halogens is 1. The van der Waals surface area contributed by atoms with Gasteiger partial charge in [-0.2, -0.15) is 0 Å². The van der Waals surface area contributed by atoms with Crippen molar-refractivity contribution < 1.29 is 28.7 Å². The molecule has 0 amide bonds. The lowest BCUT2D eigenvalue weighted by Crippen LogP contribution is -2.02. The van der Waals surface area contributed by atoms with Crippen molar-refractivity contribution in [1.82, 2.24) is 0 Å². The first-order valence-corrected chi connectivity index (χ1v) is 4.45. The molecule has 0 rings (SSSR count). The summed E-state index contributed by atoms with van der Waals surface area (Å²) < 4.78 is 19.0. The van der Waals surface area contributed by atoms with Crippen LogP contribution >= 0.6 is 20.2 Å². The molecule has 3 N–H and O–H groups in total. The van der Waals surface area contributed by atoms with Crippen molar-refractivity contribution in [2.45, 2.75) is 0 Å². The smallest absolute Gasteiger partial charge is 0.394 e. The quantitative estimate of drug-likeness (QED) is 0.526. The zero-order valence-corrected chi connectivity index (χ0v) is 7.96. The molecule has 0 saturated heterocycles. The van der Waals surface area contributed by atoms with Gasteiger partial charge in [0.05, 0.1) is 26.4 Å². The summed E-state index contributed by atoms with van der Waals surface area (Å²) in [6.07, 6.45) is 0. The summed E-state index contributed by atoms with van der Waals surface area (Å²) in [7, 11) is -4.05. The van der Waals surface area contributed by atoms with Crippen LogP contribution in [0.15, 0.2) is 0 Å². The fraction of sp³-hybridized carbons (Fsp3) is 1.00. The molecule has 0 fully saturated rings. The van der Waals surface area contributed by atoms with E-state index in [0.29, 0.717) is 0 Å². The Bertz CT molecular complexity index is 130. The summed E-state index contributed by atoms with van der Waals surface area (Å²) in [4.78, 5) is 8.67. The molecular weight excluding hydrogens is 210 g/mol.